The van der Waals surface area contributed by atoms with E-state index in [0.717, 1.165) is 0 Å². The molecule has 3 saturated heterocycles. The Bertz CT molecular complexity index is 873. The number of anilines is 1. The highest BCUT2D eigenvalue weighted by atomic mass is 35.5. The molecule has 0 aromatic heterocycles. The Labute approximate surface area is 185 Å². The maximum Gasteiger partial charge on any atom is 0.312 e. The van der Waals surface area contributed by atoms with E-state index in [0.29, 0.717) is 30.0 Å². The Morgan fingerprint density at radius 3 is 2.68 bits per heavy atom. The van der Waals surface area contributed by atoms with Crippen LogP contribution in [0.25, 0.3) is 0 Å². The van der Waals surface area contributed by atoms with Gasteiger partial charge in [-0.3, -0.25) is 14.4 Å². The van der Waals surface area contributed by atoms with Crippen LogP contribution in [0.15, 0.2) is 24.3 Å². The topological polar surface area (TPSA) is 105 Å². The highest BCUT2D eigenvalue weighted by Crippen LogP contribution is 2.59. The molecule has 2 N–H and O–H groups in total. The van der Waals surface area contributed by atoms with Crippen LogP contribution in [0.5, 0.6) is 0 Å². The number of nitrogens with zero attached hydrogens (tertiary/aromatic N) is 1. The number of carbonyl (C=O) groups excluding carboxylic acids is 3. The molecule has 2 bridgehead atoms. The van der Waals surface area contributed by atoms with Gasteiger partial charge in [0.05, 0.1) is 37.2 Å². The SMILES string of the molecule is CCOC(=O)[C@@H]1[C@H]2C(=O)N([C@@H](CC)CO)C(C(=O)Nc3ccc(Cl)cc3)C23CC[C@H]1O3. The second-order valence-electron chi connectivity index (χ2n) is 8.29. The van der Waals surface area contributed by atoms with Gasteiger partial charge in [0, 0.05) is 10.7 Å². The summed E-state index contributed by atoms with van der Waals surface area (Å²) in [6.45, 7) is 3.47. The van der Waals surface area contributed by atoms with Gasteiger partial charge in [0.15, 0.2) is 0 Å². The molecule has 0 aliphatic carbocycles. The first-order chi connectivity index (χ1) is 14.9. The van der Waals surface area contributed by atoms with Crippen LogP contribution in [0.1, 0.15) is 33.1 Å². The second-order valence-corrected chi connectivity index (χ2v) is 8.73. The number of fused-ring (bicyclic) bond motifs is 1. The van der Waals surface area contributed by atoms with Crippen molar-refractivity contribution in [2.24, 2.45) is 11.8 Å². The molecule has 1 aromatic rings. The van der Waals surface area contributed by atoms with Gasteiger partial charge in [-0.15, -0.1) is 0 Å². The van der Waals surface area contributed by atoms with Gasteiger partial charge in [-0.25, -0.2) is 0 Å². The minimum absolute atomic E-state index is 0.203. The van der Waals surface area contributed by atoms with Gasteiger partial charge in [-0.1, -0.05) is 18.5 Å². The lowest BCUT2D eigenvalue weighted by Crippen LogP contribution is -2.56. The first-order valence-electron chi connectivity index (χ1n) is 10.7. The van der Waals surface area contributed by atoms with E-state index >= 15 is 0 Å². The zero-order valence-electron chi connectivity index (χ0n) is 17.5. The summed E-state index contributed by atoms with van der Waals surface area (Å²) in [7, 11) is 0. The molecular weight excluding hydrogens is 424 g/mol. The standard InChI is InChI=1S/C22H27ClN2O6/c1-3-14(11-26)25-18(19(27)24-13-7-5-12(23)6-8-13)22-10-9-15(31-22)16(17(22)20(25)28)21(29)30-4-2/h5-8,14-18,26H,3-4,9-11H2,1-2H3,(H,24,27)/t14-,15+,16-,17-,18?,22?/m0/s1. The number of benzene rings is 1. The molecule has 31 heavy (non-hydrogen) atoms. The van der Waals surface area contributed by atoms with E-state index in [9.17, 15) is 19.5 Å². The number of esters is 1. The molecule has 168 valence electrons. The molecule has 2 unspecified atom stereocenters. The van der Waals surface area contributed by atoms with Gasteiger partial charge in [-0.2, -0.15) is 0 Å². The average Bonchev–Trinajstić information content (AvgIpc) is 3.39. The minimum atomic E-state index is -1.11. The van der Waals surface area contributed by atoms with Crippen molar-refractivity contribution in [3.63, 3.8) is 0 Å². The predicted octanol–water partition coefficient (Wildman–Crippen LogP) is 1.99. The first-order valence-corrected chi connectivity index (χ1v) is 11.1. The van der Waals surface area contributed by atoms with Crippen LogP contribution < -0.4 is 5.32 Å². The van der Waals surface area contributed by atoms with E-state index in [1.54, 1.807) is 31.2 Å². The van der Waals surface area contributed by atoms with Crippen LogP contribution in [-0.2, 0) is 23.9 Å². The number of aliphatic hydroxyl groups is 1. The van der Waals surface area contributed by atoms with Crippen molar-refractivity contribution < 1.29 is 29.0 Å². The van der Waals surface area contributed by atoms with Crippen molar-refractivity contribution in [2.45, 2.75) is 56.9 Å². The van der Waals surface area contributed by atoms with Gasteiger partial charge in [0.2, 0.25) is 11.8 Å². The van der Waals surface area contributed by atoms with Crippen LogP contribution in [0, 0.1) is 11.8 Å². The zero-order valence-corrected chi connectivity index (χ0v) is 18.3. The fourth-order valence-electron chi connectivity index (χ4n) is 5.45. The molecule has 1 spiro atoms. The number of nitrogens with one attached hydrogen (secondary N) is 1. The largest absolute Gasteiger partial charge is 0.466 e. The number of aliphatic hydroxyl groups excluding tert-OH is 1. The van der Waals surface area contributed by atoms with Crippen molar-refractivity contribution in [3.05, 3.63) is 29.3 Å². The fraction of sp³-hybridized carbons (Fsp3) is 0.591. The van der Waals surface area contributed by atoms with Crippen LogP contribution in [0.4, 0.5) is 5.69 Å². The smallest absolute Gasteiger partial charge is 0.312 e. The summed E-state index contributed by atoms with van der Waals surface area (Å²) in [5.41, 5.74) is -0.577. The lowest BCUT2D eigenvalue weighted by Gasteiger charge is -2.36. The number of amides is 2. The number of ether oxygens (including phenoxy) is 2. The molecule has 3 aliphatic rings. The van der Waals surface area contributed by atoms with Crippen molar-refractivity contribution in [1.29, 1.82) is 0 Å². The number of likely N-dealkylation sites (tertiary alicyclic amines) is 1. The van der Waals surface area contributed by atoms with E-state index in [1.807, 2.05) is 6.92 Å². The molecule has 9 heteroatoms. The first kappa shape index (κ1) is 22.0. The summed E-state index contributed by atoms with van der Waals surface area (Å²) >= 11 is 5.93. The summed E-state index contributed by atoms with van der Waals surface area (Å²) < 4.78 is 11.5. The second kappa shape index (κ2) is 8.41. The molecule has 0 saturated carbocycles. The van der Waals surface area contributed by atoms with Gasteiger partial charge < -0.3 is 24.8 Å². The summed E-state index contributed by atoms with van der Waals surface area (Å²) in [4.78, 5) is 41.2. The quantitative estimate of drug-likeness (QED) is 0.615. The van der Waals surface area contributed by atoms with Gasteiger partial charge in [0.25, 0.3) is 0 Å². The van der Waals surface area contributed by atoms with E-state index in [2.05, 4.69) is 5.32 Å². The summed E-state index contributed by atoms with van der Waals surface area (Å²) in [6, 6.07) is 5.16. The predicted molar refractivity (Wildman–Crippen MR) is 112 cm³/mol. The van der Waals surface area contributed by atoms with Crippen LogP contribution >= 0.6 is 11.6 Å². The summed E-state index contributed by atoms with van der Waals surface area (Å²) in [5.74, 6) is -2.75. The van der Waals surface area contributed by atoms with Crippen molar-refractivity contribution in [3.8, 4) is 0 Å². The third kappa shape index (κ3) is 3.41. The minimum Gasteiger partial charge on any atom is -0.466 e. The molecule has 4 rings (SSSR count). The Hall–Kier alpha value is -2.16. The van der Waals surface area contributed by atoms with Crippen LogP contribution in [0.2, 0.25) is 5.02 Å². The number of hydrogen-bond acceptors (Lipinski definition) is 6. The van der Waals surface area contributed by atoms with Crippen LogP contribution in [0.3, 0.4) is 0 Å². The lowest BCUT2D eigenvalue weighted by molar-refractivity contribution is -0.155. The molecule has 1 aromatic carbocycles. The summed E-state index contributed by atoms with van der Waals surface area (Å²) in [5, 5.41) is 13.3. The third-order valence-electron chi connectivity index (χ3n) is 6.73. The lowest BCUT2D eigenvalue weighted by atomic mass is 9.70. The van der Waals surface area contributed by atoms with E-state index in [1.165, 1.54) is 4.90 Å². The number of carbonyl (C=O) groups is 3. The highest BCUT2D eigenvalue weighted by Gasteiger charge is 2.75. The maximum atomic E-state index is 13.6. The van der Waals surface area contributed by atoms with Crippen molar-refractivity contribution in [1.82, 2.24) is 4.90 Å². The number of halogens is 1. The fourth-order valence-corrected chi connectivity index (χ4v) is 5.57. The van der Waals surface area contributed by atoms with Gasteiger partial charge in [-0.05, 0) is 50.5 Å². The molecule has 2 amide bonds. The van der Waals surface area contributed by atoms with E-state index < -0.39 is 47.5 Å². The molecule has 3 aliphatic heterocycles. The number of hydrogen-bond donors (Lipinski definition) is 2. The Morgan fingerprint density at radius 1 is 1.35 bits per heavy atom. The Balaban J connectivity index is 1.72. The number of rotatable bonds is 7. The monoisotopic (exact) mass is 450 g/mol. The highest BCUT2D eigenvalue weighted by molar-refractivity contribution is 6.30. The van der Waals surface area contributed by atoms with Crippen molar-refractivity contribution in [2.75, 3.05) is 18.5 Å². The Morgan fingerprint density at radius 2 is 2.06 bits per heavy atom. The third-order valence-corrected chi connectivity index (χ3v) is 6.98. The summed E-state index contributed by atoms with van der Waals surface area (Å²) in [6.07, 6.45) is 1.07. The van der Waals surface area contributed by atoms with E-state index in [-0.39, 0.29) is 19.1 Å². The van der Waals surface area contributed by atoms with Gasteiger partial charge in [0.1, 0.15) is 11.6 Å². The average molecular weight is 451 g/mol. The molecular formula is C22H27ClN2O6. The van der Waals surface area contributed by atoms with Gasteiger partial charge >= 0.3 is 5.97 Å². The van der Waals surface area contributed by atoms with Crippen LogP contribution in [-0.4, -0.2) is 64.8 Å². The Kier molecular flexibility index (Phi) is 5.98. The normalized spacial score (nSPS) is 32.1. The maximum absolute atomic E-state index is 13.6. The van der Waals surface area contributed by atoms with E-state index in [4.69, 9.17) is 21.1 Å². The molecule has 6 atom stereocenters. The van der Waals surface area contributed by atoms with Crippen molar-refractivity contribution >= 4 is 35.1 Å². The molecule has 3 heterocycles. The molecule has 8 nitrogen and oxygen atoms in total. The molecule has 3 fully saturated rings. The molecule has 0 radical (unpaired) electrons. The zero-order chi connectivity index (χ0) is 22.3.